The van der Waals surface area contributed by atoms with Gasteiger partial charge in [0, 0.05) is 13.1 Å². The Morgan fingerprint density at radius 2 is 2.10 bits per heavy atom. The summed E-state index contributed by atoms with van der Waals surface area (Å²) in [5.74, 6) is 4.33. The highest BCUT2D eigenvalue weighted by Gasteiger charge is 2.21. The number of nitrogens with one attached hydrogen (secondary N) is 1. The highest BCUT2D eigenvalue weighted by atomic mass is 32.2. The van der Waals surface area contributed by atoms with Crippen LogP contribution in [0.2, 0.25) is 0 Å². The average molecular weight is 300 g/mol. The predicted octanol–water partition coefficient (Wildman–Crippen LogP) is 1.17. The molecule has 0 unspecified atom stereocenters. The Hall–Kier alpha value is -1.62. The van der Waals surface area contributed by atoms with Crippen molar-refractivity contribution in [1.29, 1.82) is 0 Å². The lowest BCUT2D eigenvalue weighted by molar-refractivity contribution is 0.350. The second-order valence-electron chi connectivity index (χ2n) is 4.37. The number of halogens is 1. The Kier molecular flexibility index (Phi) is 5.51. The molecule has 2 N–H and O–H groups in total. The third kappa shape index (κ3) is 4.20. The molecule has 0 bridgehead atoms. The highest BCUT2D eigenvalue weighted by Crippen LogP contribution is 2.19. The van der Waals surface area contributed by atoms with Crippen molar-refractivity contribution in [3.63, 3.8) is 0 Å². The van der Waals surface area contributed by atoms with E-state index in [1.807, 2.05) is 0 Å². The monoisotopic (exact) mass is 300 g/mol. The molecule has 20 heavy (non-hydrogen) atoms. The van der Waals surface area contributed by atoms with Gasteiger partial charge >= 0.3 is 10.2 Å². The van der Waals surface area contributed by atoms with Crippen molar-refractivity contribution < 1.29 is 17.9 Å². The van der Waals surface area contributed by atoms with E-state index in [0.29, 0.717) is 0 Å². The molecule has 0 atom stereocenters. The predicted molar refractivity (Wildman–Crippen MR) is 75.8 cm³/mol. The van der Waals surface area contributed by atoms with Gasteiger partial charge < -0.3 is 5.11 Å². The van der Waals surface area contributed by atoms with Gasteiger partial charge in [0.15, 0.2) is 0 Å². The van der Waals surface area contributed by atoms with Gasteiger partial charge in [-0.25, -0.2) is 4.39 Å². The fraction of sp³-hybridized carbons (Fsp3) is 0.385. The van der Waals surface area contributed by atoms with Gasteiger partial charge in [-0.2, -0.15) is 12.7 Å². The molecule has 0 aliphatic rings. The SMILES string of the molecule is CC(C)N(C)S(=O)(=O)Nc1ccc(F)cc1C#CCO. The minimum absolute atomic E-state index is 0.166. The van der Waals surface area contributed by atoms with Gasteiger partial charge in [0.1, 0.15) is 12.4 Å². The highest BCUT2D eigenvalue weighted by molar-refractivity contribution is 7.90. The summed E-state index contributed by atoms with van der Waals surface area (Å²) in [5, 5.41) is 8.67. The molecule has 0 fully saturated rings. The molecule has 0 heterocycles. The molecule has 0 saturated carbocycles. The summed E-state index contributed by atoms with van der Waals surface area (Å²) in [4.78, 5) is 0. The van der Waals surface area contributed by atoms with Gasteiger partial charge in [0.25, 0.3) is 0 Å². The maximum atomic E-state index is 13.2. The molecule has 1 aromatic rings. The molecule has 7 heteroatoms. The normalized spacial score (nSPS) is 11.3. The van der Waals surface area contributed by atoms with Crippen LogP contribution in [0.5, 0.6) is 0 Å². The molecule has 1 aromatic carbocycles. The van der Waals surface area contributed by atoms with Gasteiger partial charge in [0.2, 0.25) is 0 Å². The van der Waals surface area contributed by atoms with Crippen molar-refractivity contribution in [2.24, 2.45) is 0 Å². The quantitative estimate of drug-likeness (QED) is 0.820. The number of hydrogen-bond donors (Lipinski definition) is 2. The Morgan fingerprint density at radius 3 is 2.65 bits per heavy atom. The van der Waals surface area contributed by atoms with Crippen molar-refractivity contribution in [2.45, 2.75) is 19.9 Å². The first-order valence-corrected chi connectivity index (χ1v) is 7.37. The summed E-state index contributed by atoms with van der Waals surface area (Å²) in [6.07, 6.45) is 0. The second kappa shape index (κ2) is 6.70. The molecular weight excluding hydrogens is 283 g/mol. The molecule has 0 saturated heterocycles. The maximum Gasteiger partial charge on any atom is 0.301 e. The van der Waals surface area contributed by atoms with E-state index < -0.39 is 22.6 Å². The summed E-state index contributed by atoms with van der Waals surface area (Å²) in [6.45, 7) is 3.07. The van der Waals surface area contributed by atoms with E-state index in [9.17, 15) is 12.8 Å². The van der Waals surface area contributed by atoms with Crippen molar-refractivity contribution in [3.8, 4) is 11.8 Å². The van der Waals surface area contributed by atoms with Crippen LogP contribution in [-0.2, 0) is 10.2 Å². The van der Waals surface area contributed by atoms with Gasteiger partial charge in [0.05, 0.1) is 11.3 Å². The fourth-order valence-corrected chi connectivity index (χ4v) is 2.49. The third-order valence-electron chi connectivity index (χ3n) is 2.63. The van der Waals surface area contributed by atoms with Crippen LogP contribution in [-0.4, -0.2) is 37.5 Å². The van der Waals surface area contributed by atoms with E-state index in [4.69, 9.17) is 5.11 Å². The lowest BCUT2D eigenvalue weighted by Crippen LogP contribution is -2.37. The summed E-state index contributed by atoms with van der Waals surface area (Å²) in [7, 11) is -2.30. The largest absolute Gasteiger partial charge is 0.384 e. The van der Waals surface area contributed by atoms with E-state index in [1.165, 1.54) is 13.1 Å². The zero-order chi connectivity index (χ0) is 15.3. The smallest absolute Gasteiger partial charge is 0.301 e. The van der Waals surface area contributed by atoms with Crippen molar-refractivity contribution in [1.82, 2.24) is 4.31 Å². The summed E-state index contributed by atoms with van der Waals surface area (Å²) in [5.41, 5.74) is 0.333. The molecule has 0 aliphatic heterocycles. The summed E-state index contributed by atoms with van der Waals surface area (Å²) >= 11 is 0. The molecule has 1 rings (SSSR count). The lowest BCUT2D eigenvalue weighted by Gasteiger charge is -2.22. The Morgan fingerprint density at radius 1 is 1.45 bits per heavy atom. The standard InChI is InChI=1S/C13H17FN2O3S/c1-10(2)16(3)20(18,19)15-13-7-6-12(14)9-11(13)5-4-8-17/h6-7,9-10,15,17H,8H2,1-3H3. The molecule has 0 spiro atoms. The molecule has 5 nitrogen and oxygen atoms in total. The second-order valence-corrected chi connectivity index (χ2v) is 6.10. The number of aliphatic hydroxyl groups excluding tert-OH is 1. The molecular formula is C13H17FN2O3S. The van der Waals surface area contributed by atoms with E-state index in [-0.39, 0.29) is 17.3 Å². The van der Waals surface area contributed by atoms with E-state index in [2.05, 4.69) is 16.6 Å². The van der Waals surface area contributed by atoms with Crippen LogP contribution in [0.1, 0.15) is 19.4 Å². The first-order valence-electron chi connectivity index (χ1n) is 5.93. The van der Waals surface area contributed by atoms with Crippen molar-refractivity contribution in [2.75, 3.05) is 18.4 Å². The number of benzene rings is 1. The zero-order valence-electron chi connectivity index (χ0n) is 11.5. The average Bonchev–Trinajstić information content (AvgIpc) is 2.37. The zero-order valence-corrected chi connectivity index (χ0v) is 12.3. The van der Waals surface area contributed by atoms with Crippen molar-refractivity contribution >= 4 is 15.9 Å². The van der Waals surface area contributed by atoms with E-state index in [1.54, 1.807) is 13.8 Å². The van der Waals surface area contributed by atoms with Crippen LogP contribution in [0.3, 0.4) is 0 Å². The lowest BCUT2D eigenvalue weighted by atomic mass is 10.2. The summed E-state index contributed by atoms with van der Waals surface area (Å²) < 4.78 is 40.8. The molecule has 0 amide bonds. The number of nitrogens with zero attached hydrogens (tertiary/aromatic N) is 1. The van der Waals surface area contributed by atoms with Gasteiger partial charge in [-0.3, -0.25) is 4.72 Å². The van der Waals surface area contributed by atoms with Crippen LogP contribution in [0, 0.1) is 17.7 Å². The van der Waals surface area contributed by atoms with E-state index in [0.717, 1.165) is 16.4 Å². The van der Waals surface area contributed by atoms with Crippen molar-refractivity contribution in [3.05, 3.63) is 29.6 Å². The number of anilines is 1. The minimum atomic E-state index is -3.74. The summed E-state index contributed by atoms with van der Waals surface area (Å²) in [6, 6.07) is 3.32. The van der Waals surface area contributed by atoms with Crippen LogP contribution in [0.25, 0.3) is 0 Å². The van der Waals surface area contributed by atoms with Crippen LogP contribution in [0.4, 0.5) is 10.1 Å². The molecule has 0 aromatic heterocycles. The Balaban J connectivity index is 3.15. The first-order chi connectivity index (χ1) is 9.27. The third-order valence-corrected chi connectivity index (χ3v) is 4.29. The van der Waals surface area contributed by atoms with Crippen LogP contribution < -0.4 is 4.72 Å². The number of rotatable bonds is 4. The Bertz CT molecular complexity index is 633. The number of aliphatic hydroxyl groups is 1. The molecule has 0 radical (unpaired) electrons. The number of hydrogen-bond acceptors (Lipinski definition) is 3. The van der Waals surface area contributed by atoms with Gasteiger partial charge in [-0.05, 0) is 32.0 Å². The van der Waals surface area contributed by atoms with Gasteiger partial charge in [-0.15, -0.1) is 0 Å². The fourth-order valence-electron chi connectivity index (χ4n) is 1.33. The maximum absolute atomic E-state index is 13.2. The minimum Gasteiger partial charge on any atom is -0.384 e. The first kappa shape index (κ1) is 16.4. The van der Waals surface area contributed by atoms with E-state index >= 15 is 0 Å². The molecule has 110 valence electrons. The Labute approximate surface area is 118 Å². The molecule has 0 aliphatic carbocycles. The van der Waals surface area contributed by atoms with Crippen LogP contribution in [0.15, 0.2) is 18.2 Å². The van der Waals surface area contributed by atoms with Gasteiger partial charge in [-0.1, -0.05) is 11.8 Å². The topological polar surface area (TPSA) is 69.6 Å². The van der Waals surface area contributed by atoms with Crippen LogP contribution >= 0.6 is 0 Å².